The van der Waals surface area contributed by atoms with Gasteiger partial charge in [-0.1, -0.05) is 48.5 Å². The van der Waals surface area contributed by atoms with Crippen molar-refractivity contribution in [2.75, 3.05) is 38.6 Å². The molecule has 3 atom stereocenters. The predicted molar refractivity (Wildman–Crippen MR) is 243 cm³/mol. The summed E-state index contributed by atoms with van der Waals surface area (Å²) in [5, 5.41) is 2.89. The smallest absolute Gasteiger partial charge is 0.410 e. The van der Waals surface area contributed by atoms with Crippen molar-refractivity contribution < 1.29 is 60.6 Å². The van der Waals surface area contributed by atoms with Gasteiger partial charge in [0.05, 0.1) is 15.7 Å². The Bertz CT molecular complexity index is 2490. The van der Waals surface area contributed by atoms with Gasteiger partial charge in [0.15, 0.2) is 0 Å². The monoisotopic (exact) mass is 952 g/mol. The summed E-state index contributed by atoms with van der Waals surface area (Å²) in [6.07, 6.45) is 1.31. The number of thiophene rings is 1. The van der Waals surface area contributed by atoms with Crippen LogP contribution >= 0.6 is 18.9 Å². The van der Waals surface area contributed by atoms with Gasteiger partial charge < -0.3 is 29.5 Å². The zero-order chi connectivity index (χ0) is 48.4. The lowest BCUT2D eigenvalue weighted by atomic mass is 9.98. The van der Waals surface area contributed by atoms with Gasteiger partial charge in [-0.3, -0.25) is 42.4 Å². The molecule has 1 N–H and O–H groups in total. The van der Waals surface area contributed by atoms with E-state index in [-0.39, 0.29) is 41.2 Å². The molecular weight excluding hydrogens is 898 g/mol. The van der Waals surface area contributed by atoms with Crippen molar-refractivity contribution in [3.63, 3.8) is 0 Å². The third kappa shape index (κ3) is 11.0. The number of likely N-dealkylation sites (N-methyl/N-ethyl adjacent to an activating group) is 1. The fourth-order valence-electron chi connectivity index (χ4n) is 7.53. The zero-order valence-corrected chi connectivity index (χ0v) is 39.8. The van der Waals surface area contributed by atoms with Gasteiger partial charge >= 0.3 is 25.2 Å². The van der Waals surface area contributed by atoms with Gasteiger partial charge in [-0.05, 0) is 108 Å². The summed E-state index contributed by atoms with van der Waals surface area (Å²) < 4.78 is 66.9. The largest absolute Gasteiger partial charge is 0.438 e. The molecule has 4 amide bonds. The predicted octanol–water partition coefficient (Wildman–Crippen LogP) is 8.31. The number of esters is 2. The van der Waals surface area contributed by atoms with Gasteiger partial charge in [0.1, 0.15) is 12.1 Å². The highest BCUT2D eigenvalue weighted by molar-refractivity contribution is 7.54. The molecule has 354 valence electrons. The Kier molecular flexibility index (Phi) is 14.9. The van der Waals surface area contributed by atoms with Crippen LogP contribution in [-0.4, -0.2) is 97.2 Å². The number of ether oxygens (including phenoxy) is 2. The van der Waals surface area contributed by atoms with Crippen LogP contribution in [0.3, 0.4) is 0 Å². The molecule has 0 spiro atoms. The maximum absolute atomic E-state index is 16.4. The number of anilines is 1. The van der Waals surface area contributed by atoms with Crippen molar-refractivity contribution in [3.05, 3.63) is 89.3 Å². The van der Waals surface area contributed by atoms with Crippen LogP contribution in [0.1, 0.15) is 83.0 Å². The van der Waals surface area contributed by atoms with Crippen LogP contribution in [-0.2, 0) is 52.7 Å². The number of alkyl halides is 2. The number of carbonyl (C=O) groups excluding carboxylic acids is 6. The Morgan fingerprint density at radius 3 is 1.98 bits per heavy atom. The number of fused-ring (bicyclic) bond motifs is 2. The van der Waals surface area contributed by atoms with Gasteiger partial charge in [-0.25, -0.2) is 0 Å². The lowest BCUT2D eigenvalue weighted by Gasteiger charge is -2.39. The highest BCUT2D eigenvalue weighted by Gasteiger charge is 2.56. The number of benzene rings is 3. The van der Waals surface area contributed by atoms with Gasteiger partial charge in [-0.15, -0.1) is 11.3 Å². The molecule has 6 rings (SSSR count). The Balaban J connectivity index is 1.22. The number of hydrogen-bond donors (Lipinski definition) is 1. The van der Waals surface area contributed by atoms with E-state index >= 15 is 8.78 Å². The minimum Gasteiger partial charge on any atom is -0.438 e. The summed E-state index contributed by atoms with van der Waals surface area (Å²) in [5.41, 5.74) is -4.73. The minimum atomic E-state index is -5.63. The van der Waals surface area contributed by atoms with Crippen LogP contribution in [0, 0.1) is 10.8 Å². The van der Waals surface area contributed by atoms with Crippen LogP contribution in [0.4, 0.5) is 14.5 Å². The molecule has 66 heavy (non-hydrogen) atoms. The van der Waals surface area contributed by atoms with E-state index in [4.69, 9.17) is 18.5 Å². The first-order valence-electron chi connectivity index (χ1n) is 21.4. The van der Waals surface area contributed by atoms with Gasteiger partial charge in [0.25, 0.3) is 5.91 Å². The summed E-state index contributed by atoms with van der Waals surface area (Å²) in [6, 6.07) is 19.4. The van der Waals surface area contributed by atoms with E-state index in [1.165, 1.54) is 75.3 Å². The maximum Gasteiger partial charge on any atom is 0.410 e. The van der Waals surface area contributed by atoms with Crippen LogP contribution < -0.4 is 10.2 Å². The molecule has 2 saturated heterocycles. The van der Waals surface area contributed by atoms with E-state index in [0.29, 0.717) is 29.6 Å². The van der Waals surface area contributed by atoms with E-state index in [0.717, 1.165) is 34.6 Å². The average molecular weight is 953 g/mol. The van der Waals surface area contributed by atoms with Crippen molar-refractivity contribution in [1.82, 2.24) is 15.1 Å². The number of amides is 4. The van der Waals surface area contributed by atoms with Crippen LogP contribution in [0.25, 0.3) is 21.2 Å². The molecule has 4 aromatic rings. The Hall–Kier alpha value is -5.55. The van der Waals surface area contributed by atoms with Crippen LogP contribution in [0.2, 0.25) is 0 Å². The van der Waals surface area contributed by atoms with E-state index in [2.05, 4.69) is 5.32 Å². The van der Waals surface area contributed by atoms with Gasteiger partial charge in [0, 0.05) is 49.1 Å². The Labute approximate surface area is 386 Å². The first-order chi connectivity index (χ1) is 30.9. The molecule has 15 nitrogen and oxygen atoms in total. The van der Waals surface area contributed by atoms with Crippen molar-refractivity contribution in [1.29, 1.82) is 0 Å². The molecule has 0 saturated carbocycles. The highest BCUT2D eigenvalue weighted by atomic mass is 32.1. The molecule has 2 aliphatic rings. The molecule has 2 fully saturated rings. The second kappa shape index (κ2) is 19.7. The van der Waals surface area contributed by atoms with Crippen molar-refractivity contribution in [3.8, 4) is 11.1 Å². The summed E-state index contributed by atoms with van der Waals surface area (Å²) in [6.45, 7) is 8.22. The zero-order valence-electron chi connectivity index (χ0n) is 38.1. The van der Waals surface area contributed by atoms with E-state index in [1.54, 1.807) is 7.05 Å². The molecule has 1 aromatic heterocycles. The summed E-state index contributed by atoms with van der Waals surface area (Å²) in [4.78, 5) is 84.7. The van der Waals surface area contributed by atoms with Crippen LogP contribution in [0.5, 0.6) is 0 Å². The quantitative estimate of drug-likeness (QED) is 0.0775. The van der Waals surface area contributed by atoms with Crippen molar-refractivity contribution in [2.45, 2.75) is 91.5 Å². The fourth-order valence-corrected chi connectivity index (χ4v) is 9.71. The van der Waals surface area contributed by atoms with Gasteiger partial charge in [0.2, 0.25) is 31.3 Å². The van der Waals surface area contributed by atoms with Crippen molar-refractivity contribution >= 4 is 70.3 Å². The average Bonchev–Trinajstić information content (AvgIpc) is 3.90. The number of hydrogen-bond acceptors (Lipinski definition) is 12. The minimum absolute atomic E-state index is 0.0258. The second-order valence-corrected chi connectivity index (χ2v) is 21.5. The lowest BCUT2D eigenvalue weighted by Crippen LogP contribution is -2.61. The number of rotatable bonds is 13. The Morgan fingerprint density at radius 2 is 1.41 bits per heavy atom. The molecule has 0 aliphatic carbocycles. The van der Waals surface area contributed by atoms with E-state index in [1.807, 2.05) is 54.6 Å². The molecule has 3 heterocycles. The van der Waals surface area contributed by atoms with E-state index in [9.17, 15) is 33.3 Å². The first kappa shape index (κ1) is 49.9. The number of nitrogens with one attached hydrogen (secondary N) is 1. The number of nitrogens with zero attached hydrogens (tertiary/aromatic N) is 3. The first-order valence-corrected chi connectivity index (χ1v) is 23.7. The molecular formula is C47H55F2N4O11PS. The van der Waals surface area contributed by atoms with E-state index < -0.39 is 79.1 Å². The summed E-state index contributed by atoms with van der Waals surface area (Å²) in [7, 11) is -3.98. The molecule has 3 aromatic carbocycles. The standard InChI is InChI=1S/C47H55F2N4O11PS/c1-29(54)52-23-22-35-19-20-37(42(57)51(8)34-17-14-31(15-18-34)30-12-10-9-11-13-30)53(35)41(56)36(26-52)50-40(55)39-25-32-24-33(16-21-38(32)66-39)47(48,49)65(60,63-27-61-43(58)45(2,3)4)64-28-62-44(59)46(5,6)7/h9-18,21,24-25,35-37H,19-20,22-23,26-28H2,1-8H3,(H,50,55)/t35-,36+,37+/m1/s1. The lowest BCUT2D eigenvalue weighted by molar-refractivity contribution is -0.163. The SMILES string of the molecule is CC(=O)N1CC[C@H]2CC[C@@H](C(=O)N(C)c3ccc(-c4ccccc4)cc3)N2C(=O)[C@@H](NC(=O)c2cc3cc(C(F)(F)P(=O)(OCOC(=O)C(C)(C)C)OCOC(=O)C(C)(C)C)ccc3s2)C1. The van der Waals surface area contributed by atoms with Crippen LogP contribution in [0.15, 0.2) is 78.9 Å². The fraction of sp³-hybridized carbons (Fsp3) is 0.447. The second-order valence-electron chi connectivity index (χ2n) is 18.3. The van der Waals surface area contributed by atoms with Gasteiger partial charge in [-0.2, -0.15) is 8.78 Å². The third-order valence-corrected chi connectivity index (χ3v) is 14.4. The molecule has 0 bridgehead atoms. The third-order valence-electron chi connectivity index (χ3n) is 11.4. The molecule has 19 heteroatoms. The number of carbonyl (C=O) groups is 6. The molecule has 0 unspecified atom stereocenters. The molecule has 0 radical (unpaired) electrons. The normalized spacial score (nSPS) is 18.3. The maximum atomic E-state index is 16.4. The summed E-state index contributed by atoms with van der Waals surface area (Å²) in [5.74, 6) is -3.55. The number of halogens is 2. The summed E-state index contributed by atoms with van der Waals surface area (Å²) >= 11 is 0.933. The topological polar surface area (TPSA) is 178 Å². The van der Waals surface area contributed by atoms with Crippen molar-refractivity contribution in [2.24, 2.45) is 10.8 Å². The molecule has 2 aliphatic heterocycles. The highest BCUT2D eigenvalue weighted by Crippen LogP contribution is 2.67. The Morgan fingerprint density at radius 1 is 0.818 bits per heavy atom.